The maximum absolute atomic E-state index is 12.5. The lowest BCUT2D eigenvalue weighted by molar-refractivity contribution is -0.131. The molecule has 0 aliphatic heterocycles. The predicted molar refractivity (Wildman–Crippen MR) is 241 cm³/mol. The van der Waals surface area contributed by atoms with Crippen molar-refractivity contribution in [2.45, 2.75) is 270 Å². The van der Waals surface area contributed by atoms with E-state index in [0.717, 1.165) is 44.9 Å². The molecule has 0 aromatic carbocycles. The average molecular weight is 774 g/mol. The van der Waals surface area contributed by atoms with Crippen molar-refractivity contribution in [2.75, 3.05) is 6.61 Å². The summed E-state index contributed by atoms with van der Waals surface area (Å²) in [5.41, 5.74) is 0. The largest absolute Gasteiger partial charge is 0.394 e. The maximum Gasteiger partial charge on any atom is 0.249 e. The van der Waals surface area contributed by atoms with Crippen molar-refractivity contribution in [3.05, 3.63) is 36.5 Å². The van der Waals surface area contributed by atoms with Gasteiger partial charge in [0.15, 0.2) is 0 Å². The zero-order valence-corrected chi connectivity index (χ0v) is 36.8. The molecule has 5 heteroatoms. The Morgan fingerprint density at radius 2 is 0.745 bits per heavy atom. The molecule has 0 saturated heterocycles. The van der Waals surface area contributed by atoms with Crippen molar-refractivity contribution in [3.63, 3.8) is 0 Å². The minimum absolute atomic E-state index is 0.379. The second-order valence-electron chi connectivity index (χ2n) is 16.7. The van der Waals surface area contributed by atoms with Crippen LogP contribution in [0.1, 0.15) is 251 Å². The van der Waals surface area contributed by atoms with Crippen LogP contribution in [0.25, 0.3) is 0 Å². The molecular weight excluding hydrogens is 679 g/mol. The molecule has 0 bridgehead atoms. The summed E-state index contributed by atoms with van der Waals surface area (Å²) in [5, 5.41) is 33.2. The van der Waals surface area contributed by atoms with E-state index in [2.05, 4.69) is 43.5 Å². The van der Waals surface area contributed by atoms with Gasteiger partial charge < -0.3 is 20.6 Å². The molecule has 3 atom stereocenters. The minimum atomic E-state index is -1.11. The van der Waals surface area contributed by atoms with Crippen LogP contribution in [-0.4, -0.2) is 46.1 Å². The lowest BCUT2D eigenvalue weighted by Gasteiger charge is -2.21. The number of rotatable bonds is 44. The van der Waals surface area contributed by atoms with Crippen LogP contribution in [0.3, 0.4) is 0 Å². The Labute approximate surface area is 343 Å². The highest BCUT2D eigenvalue weighted by atomic mass is 16.3. The number of allylic oxidation sites excluding steroid dienone is 5. The van der Waals surface area contributed by atoms with E-state index in [4.69, 9.17) is 0 Å². The molecule has 1 amide bonds. The molecule has 0 aromatic heterocycles. The highest BCUT2D eigenvalue weighted by Gasteiger charge is 2.22. The Hall–Kier alpha value is -1.43. The minimum Gasteiger partial charge on any atom is -0.394 e. The van der Waals surface area contributed by atoms with Gasteiger partial charge in [-0.2, -0.15) is 0 Å². The molecule has 4 N–H and O–H groups in total. The van der Waals surface area contributed by atoms with Crippen LogP contribution >= 0.6 is 0 Å². The van der Waals surface area contributed by atoms with Crippen molar-refractivity contribution in [3.8, 4) is 0 Å². The fourth-order valence-corrected chi connectivity index (χ4v) is 7.39. The van der Waals surface area contributed by atoms with E-state index in [1.54, 1.807) is 6.08 Å². The van der Waals surface area contributed by atoms with Gasteiger partial charge in [0.05, 0.1) is 18.8 Å². The molecule has 0 spiro atoms. The second-order valence-corrected chi connectivity index (χ2v) is 16.7. The number of nitrogens with one attached hydrogen (secondary N) is 1. The Balaban J connectivity index is 3.62. The van der Waals surface area contributed by atoms with Crippen molar-refractivity contribution < 1.29 is 20.1 Å². The molecule has 0 aliphatic carbocycles. The van der Waals surface area contributed by atoms with Gasteiger partial charge >= 0.3 is 0 Å². The number of hydrogen-bond donors (Lipinski definition) is 4. The fraction of sp³-hybridized carbons (Fsp3) is 0.860. The molecular formula is C50H95NO4. The molecule has 0 radical (unpaired) electrons. The maximum atomic E-state index is 12.5. The highest BCUT2D eigenvalue weighted by Crippen LogP contribution is 2.16. The summed E-state index contributed by atoms with van der Waals surface area (Å²) in [7, 11) is 0. The Bertz CT molecular complexity index is 855. The number of aliphatic hydroxyl groups excluding tert-OH is 3. The van der Waals surface area contributed by atoms with E-state index >= 15 is 0 Å². The van der Waals surface area contributed by atoms with Gasteiger partial charge in [-0.3, -0.25) is 4.79 Å². The smallest absolute Gasteiger partial charge is 0.249 e. The number of carbonyl (C=O) groups is 1. The van der Waals surface area contributed by atoms with E-state index in [-0.39, 0.29) is 6.61 Å². The highest BCUT2D eigenvalue weighted by molar-refractivity contribution is 5.80. The standard InChI is InChI=1S/C50H95NO4/c1-3-5-7-9-11-13-15-17-19-21-22-23-24-25-26-27-28-29-31-33-35-37-39-41-43-45-49(54)50(55)51-47(46-52)48(53)44-42-40-38-36-34-32-30-20-18-16-14-12-10-8-6-4-2/h18,20,34,36,42,44,47-49,52-54H,3-17,19,21-33,35,37-41,43,45-46H2,1-2H3,(H,51,55)/b20-18+,36-34+,44-42+. The summed E-state index contributed by atoms with van der Waals surface area (Å²) in [6.07, 6.45) is 57.7. The zero-order valence-electron chi connectivity index (χ0n) is 36.8. The number of amides is 1. The quantitative estimate of drug-likeness (QED) is 0.0367. The molecule has 324 valence electrons. The van der Waals surface area contributed by atoms with Crippen LogP contribution in [0.15, 0.2) is 36.5 Å². The number of unbranched alkanes of at least 4 members (excludes halogenated alkanes) is 32. The van der Waals surface area contributed by atoms with Crippen LogP contribution in [0.4, 0.5) is 0 Å². The van der Waals surface area contributed by atoms with Crippen LogP contribution in [-0.2, 0) is 4.79 Å². The van der Waals surface area contributed by atoms with Gasteiger partial charge in [-0.05, 0) is 44.9 Å². The molecule has 0 aliphatic rings. The fourth-order valence-electron chi connectivity index (χ4n) is 7.39. The first-order valence-corrected chi connectivity index (χ1v) is 24.3. The number of aliphatic hydroxyl groups is 3. The van der Waals surface area contributed by atoms with Crippen molar-refractivity contribution >= 4 is 5.91 Å². The molecule has 0 fully saturated rings. The SMILES string of the molecule is CCCCCCCC/C=C/CC/C=C/CC/C=C/C(O)C(CO)NC(=O)C(O)CCCCCCCCCCCCCCCCCCCCCCCCCCC. The molecule has 0 rings (SSSR count). The van der Waals surface area contributed by atoms with Crippen LogP contribution in [0, 0.1) is 0 Å². The topological polar surface area (TPSA) is 89.8 Å². The Morgan fingerprint density at radius 3 is 1.11 bits per heavy atom. The summed E-state index contributed by atoms with van der Waals surface area (Å²) < 4.78 is 0. The molecule has 0 aromatic rings. The van der Waals surface area contributed by atoms with Crippen LogP contribution in [0.2, 0.25) is 0 Å². The summed E-state index contributed by atoms with van der Waals surface area (Å²) >= 11 is 0. The van der Waals surface area contributed by atoms with Crippen LogP contribution < -0.4 is 5.32 Å². The van der Waals surface area contributed by atoms with E-state index in [0.29, 0.717) is 6.42 Å². The third kappa shape index (κ3) is 40.6. The van der Waals surface area contributed by atoms with Gasteiger partial charge in [-0.15, -0.1) is 0 Å². The molecule has 3 unspecified atom stereocenters. The molecule has 55 heavy (non-hydrogen) atoms. The van der Waals surface area contributed by atoms with Gasteiger partial charge in [-0.25, -0.2) is 0 Å². The van der Waals surface area contributed by atoms with E-state index < -0.39 is 24.2 Å². The number of hydrogen-bond acceptors (Lipinski definition) is 4. The first-order chi connectivity index (χ1) is 27.1. The summed E-state index contributed by atoms with van der Waals surface area (Å²) in [5.74, 6) is -0.514. The van der Waals surface area contributed by atoms with Crippen LogP contribution in [0.5, 0.6) is 0 Å². The van der Waals surface area contributed by atoms with Gasteiger partial charge in [0, 0.05) is 0 Å². The lowest BCUT2D eigenvalue weighted by Crippen LogP contribution is -2.48. The predicted octanol–water partition coefficient (Wildman–Crippen LogP) is 14.3. The van der Waals surface area contributed by atoms with Gasteiger partial charge in [-0.1, -0.05) is 243 Å². The lowest BCUT2D eigenvalue weighted by atomic mass is 10.0. The third-order valence-electron chi connectivity index (χ3n) is 11.2. The molecule has 0 saturated carbocycles. The van der Waals surface area contributed by atoms with Gasteiger partial charge in [0.2, 0.25) is 5.91 Å². The molecule has 0 heterocycles. The first-order valence-electron chi connectivity index (χ1n) is 24.3. The number of carbonyl (C=O) groups excluding carboxylic acids is 1. The van der Waals surface area contributed by atoms with Crippen molar-refractivity contribution in [1.29, 1.82) is 0 Å². The van der Waals surface area contributed by atoms with Crippen molar-refractivity contribution in [2.24, 2.45) is 0 Å². The summed E-state index contributed by atoms with van der Waals surface area (Å²) in [6.45, 7) is 4.17. The Kier molecular flexibility index (Phi) is 44.1. The Morgan fingerprint density at radius 1 is 0.436 bits per heavy atom. The first kappa shape index (κ1) is 53.6. The normalized spacial score (nSPS) is 13.8. The van der Waals surface area contributed by atoms with E-state index in [9.17, 15) is 20.1 Å². The average Bonchev–Trinajstić information content (AvgIpc) is 3.19. The molecule has 5 nitrogen and oxygen atoms in total. The summed E-state index contributed by atoms with van der Waals surface area (Å²) in [4.78, 5) is 12.5. The van der Waals surface area contributed by atoms with Gasteiger partial charge in [0.1, 0.15) is 6.10 Å². The van der Waals surface area contributed by atoms with E-state index in [1.807, 2.05) is 6.08 Å². The summed E-state index contributed by atoms with van der Waals surface area (Å²) in [6, 6.07) is -0.818. The van der Waals surface area contributed by atoms with Gasteiger partial charge in [0.25, 0.3) is 0 Å². The second kappa shape index (κ2) is 45.3. The zero-order chi connectivity index (χ0) is 40.1. The monoisotopic (exact) mass is 774 g/mol. The third-order valence-corrected chi connectivity index (χ3v) is 11.2. The van der Waals surface area contributed by atoms with E-state index in [1.165, 1.54) is 186 Å². The van der Waals surface area contributed by atoms with Crippen molar-refractivity contribution in [1.82, 2.24) is 5.32 Å².